The molecule has 9 nitrogen and oxygen atoms in total. The van der Waals surface area contributed by atoms with Gasteiger partial charge < -0.3 is 14.6 Å². The van der Waals surface area contributed by atoms with Gasteiger partial charge in [-0.3, -0.25) is 15.6 Å². The Morgan fingerprint density at radius 1 is 1.06 bits per heavy atom. The van der Waals surface area contributed by atoms with Gasteiger partial charge in [-0.1, -0.05) is 47.1 Å². The van der Waals surface area contributed by atoms with E-state index in [0.29, 0.717) is 16.1 Å². The number of anilines is 1. The van der Waals surface area contributed by atoms with E-state index in [9.17, 15) is 4.79 Å². The van der Waals surface area contributed by atoms with Gasteiger partial charge in [-0.15, -0.1) is 0 Å². The number of nitrogens with one attached hydrogen (secondary N) is 3. The lowest BCUT2D eigenvalue weighted by molar-refractivity contribution is -0.123. The fourth-order valence-corrected chi connectivity index (χ4v) is 2.95. The zero-order valence-corrected chi connectivity index (χ0v) is 17.4. The molecule has 0 unspecified atom stereocenters. The largest absolute Gasteiger partial charge is 0.467 e. The zero-order valence-electron chi connectivity index (χ0n) is 15.8. The fraction of sp³-hybridized carbons (Fsp3) is 0.0500. The van der Waals surface area contributed by atoms with Crippen LogP contribution in [0.4, 0.5) is 5.69 Å². The van der Waals surface area contributed by atoms with Crippen LogP contribution < -0.4 is 20.9 Å². The number of thiocarbonyl (C=S) groups is 1. The van der Waals surface area contributed by atoms with Gasteiger partial charge in [-0.25, -0.2) is 4.98 Å². The average Bonchev–Trinajstić information content (AvgIpc) is 3.22. The summed E-state index contributed by atoms with van der Waals surface area (Å²) in [6, 6.07) is 16.3. The predicted molar refractivity (Wildman–Crippen MR) is 119 cm³/mol. The van der Waals surface area contributed by atoms with E-state index in [-0.39, 0.29) is 23.3 Å². The molecular weight excluding hydrogens is 440 g/mol. The molecule has 0 bridgehead atoms. The second-order valence-electron chi connectivity index (χ2n) is 6.18. The van der Waals surface area contributed by atoms with Crippen molar-refractivity contribution in [2.45, 2.75) is 0 Å². The van der Waals surface area contributed by atoms with Crippen molar-refractivity contribution in [2.75, 3.05) is 11.9 Å². The second kappa shape index (κ2) is 9.37. The maximum absolute atomic E-state index is 12.2. The zero-order chi connectivity index (χ0) is 21.6. The number of para-hydroxylation sites is 1. The van der Waals surface area contributed by atoms with Crippen molar-refractivity contribution in [1.29, 1.82) is 0 Å². The van der Waals surface area contributed by atoms with Crippen molar-refractivity contribution >= 4 is 51.6 Å². The number of carbonyl (C=O) groups is 1. The van der Waals surface area contributed by atoms with E-state index in [1.54, 1.807) is 24.3 Å². The van der Waals surface area contributed by atoms with Gasteiger partial charge in [0.25, 0.3) is 11.6 Å². The van der Waals surface area contributed by atoms with Crippen molar-refractivity contribution in [3.05, 3.63) is 65.9 Å². The summed E-state index contributed by atoms with van der Waals surface area (Å²) in [6.45, 7) is -0.321. The fourth-order valence-electron chi connectivity index (χ4n) is 2.66. The first kappa shape index (κ1) is 20.5. The third-order valence-corrected chi connectivity index (χ3v) is 4.50. The maximum Gasteiger partial charge on any atom is 0.276 e. The summed E-state index contributed by atoms with van der Waals surface area (Å²) >= 11 is 11.1. The molecule has 2 aromatic heterocycles. The van der Waals surface area contributed by atoms with E-state index in [1.807, 2.05) is 30.3 Å². The van der Waals surface area contributed by atoms with E-state index in [2.05, 4.69) is 31.3 Å². The molecule has 0 saturated carbocycles. The molecule has 2 aromatic carbocycles. The van der Waals surface area contributed by atoms with Gasteiger partial charge in [-0.05, 0) is 36.5 Å². The van der Waals surface area contributed by atoms with Gasteiger partial charge in [0, 0.05) is 16.3 Å². The molecule has 0 atom stereocenters. The number of halogens is 1. The van der Waals surface area contributed by atoms with E-state index >= 15 is 0 Å². The predicted octanol–water partition coefficient (Wildman–Crippen LogP) is 3.33. The first-order chi connectivity index (χ1) is 15.1. The summed E-state index contributed by atoms with van der Waals surface area (Å²) in [5.74, 6) is -0.301. The van der Waals surface area contributed by atoms with E-state index < -0.39 is 5.91 Å². The van der Waals surface area contributed by atoms with Crippen LogP contribution in [0.3, 0.4) is 0 Å². The van der Waals surface area contributed by atoms with Crippen LogP contribution in [0, 0.1) is 0 Å². The molecule has 156 valence electrons. The molecule has 31 heavy (non-hydrogen) atoms. The summed E-state index contributed by atoms with van der Waals surface area (Å²) in [5, 5.41) is 8.25. The first-order valence-electron chi connectivity index (χ1n) is 9.00. The lowest BCUT2D eigenvalue weighted by Crippen LogP contribution is -2.45. The molecule has 2 heterocycles. The first-order valence-corrected chi connectivity index (χ1v) is 9.79. The SMILES string of the molecule is O=C(COc1ncnc2onc(-c3ccc(Cl)cc3)c12)NNC(=S)Nc1ccccc1. The molecule has 3 N–H and O–H groups in total. The minimum Gasteiger partial charge on any atom is -0.467 e. The quantitative estimate of drug-likeness (QED) is 0.308. The highest BCUT2D eigenvalue weighted by Crippen LogP contribution is 2.32. The lowest BCUT2D eigenvalue weighted by atomic mass is 10.1. The summed E-state index contributed by atoms with van der Waals surface area (Å²) in [5.41, 5.74) is 7.31. The topological polar surface area (TPSA) is 114 Å². The smallest absolute Gasteiger partial charge is 0.276 e. The number of amides is 1. The average molecular weight is 455 g/mol. The molecule has 0 aliphatic rings. The number of benzene rings is 2. The van der Waals surface area contributed by atoms with Gasteiger partial charge in [0.05, 0.1) is 0 Å². The molecular formula is C20H15ClN6O3S. The Morgan fingerprint density at radius 2 is 1.84 bits per heavy atom. The lowest BCUT2D eigenvalue weighted by Gasteiger charge is -2.12. The molecule has 0 fully saturated rings. The van der Waals surface area contributed by atoms with Crippen LogP contribution in [-0.4, -0.2) is 32.8 Å². The number of hydrogen-bond acceptors (Lipinski definition) is 7. The minimum atomic E-state index is -0.464. The van der Waals surface area contributed by atoms with Gasteiger partial charge in [0.15, 0.2) is 11.7 Å². The number of hydrogen-bond donors (Lipinski definition) is 3. The molecule has 4 aromatic rings. The number of rotatable bonds is 5. The molecule has 0 aliphatic heterocycles. The third kappa shape index (κ3) is 5.05. The van der Waals surface area contributed by atoms with E-state index in [4.69, 9.17) is 33.1 Å². The minimum absolute atomic E-state index is 0.163. The Balaban J connectivity index is 1.39. The van der Waals surface area contributed by atoms with Crippen molar-refractivity contribution < 1.29 is 14.1 Å². The van der Waals surface area contributed by atoms with Crippen molar-refractivity contribution in [2.24, 2.45) is 0 Å². The standard InChI is InChI=1S/C20H15ClN6O3S/c21-13-8-6-12(7-9-13)17-16-18(22-11-23-19(16)30-27-17)29-10-15(28)25-26-20(31)24-14-4-2-1-3-5-14/h1-9,11H,10H2,(H,25,28)(H2,24,26,31). The maximum atomic E-state index is 12.2. The van der Waals surface area contributed by atoms with Crippen LogP contribution in [0.15, 0.2) is 65.4 Å². The van der Waals surface area contributed by atoms with Gasteiger partial charge in [0.2, 0.25) is 5.88 Å². The van der Waals surface area contributed by atoms with E-state index in [0.717, 1.165) is 11.3 Å². The number of hydrazine groups is 1. The Morgan fingerprint density at radius 3 is 2.61 bits per heavy atom. The second-order valence-corrected chi connectivity index (χ2v) is 7.02. The summed E-state index contributed by atoms with van der Waals surface area (Å²) in [4.78, 5) is 20.3. The molecule has 0 spiro atoms. The Bertz CT molecular complexity index is 1220. The van der Waals surface area contributed by atoms with Crippen LogP contribution in [0.25, 0.3) is 22.4 Å². The van der Waals surface area contributed by atoms with Crippen molar-refractivity contribution in [3.8, 4) is 17.1 Å². The summed E-state index contributed by atoms with van der Waals surface area (Å²) < 4.78 is 10.8. The highest BCUT2D eigenvalue weighted by atomic mass is 35.5. The molecule has 0 radical (unpaired) electrons. The van der Waals surface area contributed by atoms with Crippen molar-refractivity contribution in [1.82, 2.24) is 26.0 Å². The van der Waals surface area contributed by atoms with Crippen LogP contribution in [-0.2, 0) is 4.79 Å². The van der Waals surface area contributed by atoms with Gasteiger partial charge in [-0.2, -0.15) is 4.98 Å². The molecule has 11 heteroatoms. The number of fused-ring (bicyclic) bond motifs is 1. The number of carbonyl (C=O) groups excluding carboxylic acids is 1. The van der Waals surface area contributed by atoms with Crippen LogP contribution in [0.1, 0.15) is 0 Å². The number of ether oxygens (including phenoxy) is 1. The van der Waals surface area contributed by atoms with Crippen LogP contribution in [0.5, 0.6) is 5.88 Å². The molecule has 4 rings (SSSR count). The molecule has 0 saturated heterocycles. The van der Waals surface area contributed by atoms with Crippen LogP contribution in [0.2, 0.25) is 5.02 Å². The van der Waals surface area contributed by atoms with Crippen molar-refractivity contribution in [3.63, 3.8) is 0 Å². The summed E-state index contributed by atoms with van der Waals surface area (Å²) in [6.07, 6.45) is 1.27. The highest BCUT2D eigenvalue weighted by Gasteiger charge is 2.18. The summed E-state index contributed by atoms with van der Waals surface area (Å²) in [7, 11) is 0. The number of nitrogens with zero attached hydrogens (tertiary/aromatic N) is 3. The Kier molecular flexibility index (Phi) is 6.20. The highest BCUT2D eigenvalue weighted by molar-refractivity contribution is 7.80. The van der Waals surface area contributed by atoms with E-state index in [1.165, 1.54) is 6.33 Å². The Labute approximate surface area is 186 Å². The third-order valence-electron chi connectivity index (χ3n) is 4.04. The normalized spacial score (nSPS) is 10.5. The van der Waals surface area contributed by atoms with Crippen LogP contribution >= 0.6 is 23.8 Å². The monoisotopic (exact) mass is 454 g/mol. The number of aromatic nitrogens is 3. The van der Waals surface area contributed by atoms with Gasteiger partial charge >= 0.3 is 0 Å². The van der Waals surface area contributed by atoms with Gasteiger partial charge in [0.1, 0.15) is 17.4 Å². The molecule has 1 amide bonds. The Hall–Kier alpha value is -3.76. The molecule has 0 aliphatic carbocycles.